The van der Waals surface area contributed by atoms with Gasteiger partial charge in [0.15, 0.2) is 0 Å². The molecular weight excluding hydrogens is 288 g/mol. The van der Waals surface area contributed by atoms with Crippen molar-refractivity contribution in [3.8, 4) is 0 Å². The monoisotopic (exact) mass is 310 g/mol. The number of nitrogens with zero attached hydrogens (tertiary/aromatic N) is 3. The van der Waals surface area contributed by atoms with Crippen LogP contribution in [0.3, 0.4) is 0 Å². The second-order valence-corrected chi connectivity index (χ2v) is 6.33. The molecule has 1 amide bonds. The molecular formula is C15H23ClN4O. The Morgan fingerprint density at radius 1 is 1.38 bits per heavy atom. The van der Waals surface area contributed by atoms with Crippen LogP contribution < -0.4 is 5.32 Å². The minimum absolute atomic E-state index is 0.0241. The highest BCUT2D eigenvalue weighted by Crippen LogP contribution is 2.36. The Kier molecular flexibility index (Phi) is 4.74. The maximum atomic E-state index is 12.6. The van der Waals surface area contributed by atoms with Crippen molar-refractivity contribution < 1.29 is 4.79 Å². The van der Waals surface area contributed by atoms with E-state index in [1.807, 2.05) is 7.05 Å². The quantitative estimate of drug-likeness (QED) is 0.848. The first-order valence-electron chi connectivity index (χ1n) is 7.16. The summed E-state index contributed by atoms with van der Waals surface area (Å²) < 4.78 is 0. The number of hydrogen-bond donors (Lipinski definition) is 1. The Bertz CT molecular complexity index is 528. The molecule has 0 unspecified atom stereocenters. The molecule has 21 heavy (non-hydrogen) atoms. The predicted octanol–water partition coefficient (Wildman–Crippen LogP) is 2.33. The molecule has 6 heteroatoms. The Morgan fingerprint density at radius 3 is 2.52 bits per heavy atom. The van der Waals surface area contributed by atoms with Crippen LogP contribution in [0.5, 0.6) is 0 Å². The van der Waals surface area contributed by atoms with Crippen LogP contribution in [0.2, 0.25) is 5.15 Å². The summed E-state index contributed by atoms with van der Waals surface area (Å²) in [4.78, 5) is 20.7. The summed E-state index contributed by atoms with van der Waals surface area (Å²) in [7, 11) is 7.77. The van der Waals surface area contributed by atoms with Gasteiger partial charge in [-0.1, -0.05) is 11.6 Å². The Morgan fingerprint density at radius 2 is 2.05 bits per heavy atom. The summed E-state index contributed by atoms with van der Waals surface area (Å²) in [5.41, 5.74) is 0.683. The maximum absolute atomic E-state index is 12.6. The van der Waals surface area contributed by atoms with E-state index in [-0.39, 0.29) is 11.4 Å². The first kappa shape index (κ1) is 16.0. The van der Waals surface area contributed by atoms with E-state index in [0.29, 0.717) is 16.5 Å². The first-order chi connectivity index (χ1) is 9.88. The number of amides is 1. The largest absolute Gasteiger partial charge is 0.373 e. The highest BCUT2D eigenvalue weighted by atomic mass is 35.5. The predicted molar refractivity (Wildman–Crippen MR) is 86.0 cm³/mol. The number of aromatic nitrogens is 1. The molecule has 1 fully saturated rings. The molecule has 0 saturated heterocycles. The Labute approximate surface area is 131 Å². The van der Waals surface area contributed by atoms with E-state index < -0.39 is 0 Å². The summed E-state index contributed by atoms with van der Waals surface area (Å²) >= 11 is 5.97. The molecule has 1 aromatic heterocycles. The van der Waals surface area contributed by atoms with E-state index in [2.05, 4.69) is 29.3 Å². The lowest BCUT2D eigenvalue weighted by atomic mass is 9.75. The number of nitrogens with one attached hydrogen (secondary N) is 1. The number of likely N-dealkylation sites (N-methyl/N-ethyl adjacent to an activating group) is 2. The van der Waals surface area contributed by atoms with Gasteiger partial charge in [0, 0.05) is 31.7 Å². The second-order valence-electron chi connectivity index (χ2n) is 5.95. The van der Waals surface area contributed by atoms with Crippen molar-refractivity contribution >= 4 is 23.3 Å². The van der Waals surface area contributed by atoms with E-state index in [0.717, 1.165) is 19.4 Å². The fourth-order valence-corrected chi connectivity index (χ4v) is 3.02. The first-order valence-corrected chi connectivity index (χ1v) is 7.54. The standard InChI is InChI=1S/C15H23ClN4O/c1-17-13-9-11(8-12(16)18-13)14(21)20(4)10-15(19(2)3)6-5-7-15/h8-9H,5-7,10H2,1-4H3,(H,17,18). The van der Waals surface area contributed by atoms with E-state index in [9.17, 15) is 4.79 Å². The third-order valence-corrected chi connectivity index (χ3v) is 4.60. The van der Waals surface area contributed by atoms with Crippen LogP contribution in [-0.2, 0) is 0 Å². The van der Waals surface area contributed by atoms with Crippen LogP contribution in [-0.4, -0.2) is 61.0 Å². The zero-order chi connectivity index (χ0) is 15.6. The summed E-state index contributed by atoms with van der Waals surface area (Å²) in [6, 6.07) is 3.35. The molecule has 1 heterocycles. The molecule has 0 atom stereocenters. The van der Waals surface area contributed by atoms with Gasteiger partial charge >= 0.3 is 0 Å². The number of hydrogen-bond acceptors (Lipinski definition) is 4. The third kappa shape index (κ3) is 3.30. The Balaban J connectivity index is 2.14. The number of carbonyl (C=O) groups is 1. The average Bonchev–Trinajstić information content (AvgIpc) is 2.40. The van der Waals surface area contributed by atoms with Gasteiger partial charge in [-0.25, -0.2) is 4.98 Å². The van der Waals surface area contributed by atoms with Crippen LogP contribution in [0.1, 0.15) is 29.6 Å². The highest BCUT2D eigenvalue weighted by molar-refractivity contribution is 6.29. The molecule has 1 N–H and O–H groups in total. The fraction of sp³-hybridized carbons (Fsp3) is 0.600. The highest BCUT2D eigenvalue weighted by Gasteiger charge is 2.40. The zero-order valence-corrected chi connectivity index (χ0v) is 13.9. The van der Waals surface area contributed by atoms with Gasteiger partial charge in [-0.05, 0) is 45.5 Å². The van der Waals surface area contributed by atoms with Crippen molar-refractivity contribution in [2.45, 2.75) is 24.8 Å². The van der Waals surface area contributed by atoms with Gasteiger partial charge < -0.3 is 15.1 Å². The minimum atomic E-state index is -0.0241. The van der Waals surface area contributed by atoms with Crippen LogP contribution in [0.25, 0.3) is 0 Å². The van der Waals surface area contributed by atoms with Crippen molar-refractivity contribution in [1.29, 1.82) is 0 Å². The average molecular weight is 311 g/mol. The van der Waals surface area contributed by atoms with Crippen LogP contribution >= 0.6 is 11.6 Å². The van der Waals surface area contributed by atoms with E-state index in [1.54, 1.807) is 24.1 Å². The summed E-state index contributed by atoms with van der Waals surface area (Å²) in [5, 5.41) is 3.24. The topological polar surface area (TPSA) is 48.5 Å². The molecule has 1 saturated carbocycles. The van der Waals surface area contributed by atoms with Gasteiger partial charge in [0.1, 0.15) is 11.0 Å². The third-order valence-electron chi connectivity index (χ3n) is 4.41. The van der Waals surface area contributed by atoms with E-state index in [1.165, 1.54) is 6.42 Å². The van der Waals surface area contributed by atoms with Gasteiger partial charge in [-0.3, -0.25) is 4.79 Å². The molecule has 0 aliphatic heterocycles. The molecule has 0 aromatic carbocycles. The lowest BCUT2D eigenvalue weighted by molar-refractivity contribution is 0.0252. The van der Waals surface area contributed by atoms with Gasteiger partial charge in [-0.15, -0.1) is 0 Å². The number of pyridine rings is 1. The minimum Gasteiger partial charge on any atom is -0.373 e. The fourth-order valence-electron chi connectivity index (χ4n) is 2.81. The zero-order valence-electron chi connectivity index (χ0n) is 13.1. The molecule has 5 nitrogen and oxygen atoms in total. The van der Waals surface area contributed by atoms with Crippen molar-refractivity contribution in [3.63, 3.8) is 0 Å². The lowest BCUT2D eigenvalue weighted by Gasteiger charge is -2.49. The number of anilines is 1. The van der Waals surface area contributed by atoms with Crippen molar-refractivity contribution in [2.24, 2.45) is 0 Å². The van der Waals surface area contributed by atoms with Gasteiger partial charge in [0.2, 0.25) is 0 Å². The van der Waals surface area contributed by atoms with Gasteiger partial charge in [0.25, 0.3) is 5.91 Å². The summed E-state index contributed by atoms with van der Waals surface area (Å²) in [5.74, 6) is 0.578. The van der Waals surface area contributed by atoms with Crippen LogP contribution in [0.4, 0.5) is 5.82 Å². The van der Waals surface area contributed by atoms with Crippen LogP contribution in [0.15, 0.2) is 12.1 Å². The number of halogens is 1. The molecule has 0 spiro atoms. The van der Waals surface area contributed by atoms with Crippen molar-refractivity contribution in [1.82, 2.24) is 14.8 Å². The molecule has 1 aliphatic rings. The van der Waals surface area contributed by atoms with Crippen molar-refractivity contribution in [3.05, 3.63) is 22.8 Å². The van der Waals surface area contributed by atoms with Gasteiger partial charge in [0.05, 0.1) is 0 Å². The summed E-state index contributed by atoms with van der Waals surface area (Å²) in [6.07, 6.45) is 3.50. The molecule has 1 aliphatic carbocycles. The number of rotatable bonds is 5. The van der Waals surface area contributed by atoms with Crippen LogP contribution in [0, 0.1) is 0 Å². The van der Waals surface area contributed by atoms with E-state index in [4.69, 9.17) is 11.6 Å². The summed E-state index contributed by atoms with van der Waals surface area (Å²) in [6.45, 7) is 0.730. The molecule has 0 bridgehead atoms. The smallest absolute Gasteiger partial charge is 0.253 e. The second kappa shape index (κ2) is 6.20. The molecule has 2 rings (SSSR count). The van der Waals surface area contributed by atoms with Gasteiger partial charge in [-0.2, -0.15) is 0 Å². The number of carbonyl (C=O) groups excluding carboxylic acids is 1. The lowest BCUT2D eigenvalue weighted by Crippen LogP contribution is -2.57. The SMILES string of the molecule is CNc1cc(C(=O)N(C)CC2(N(C)C)CCC2)cc(Cl)n1. The normalized spacial score (nSPS) is 16.5. The van der Waals surface area contributed by atoms with E-state index >= 15 is 0 Å². The van der Waals surface area contributed by atoms with Crippen molar-refractivity contribution in [2.75, 3.05) is 40.1 Å². The molecule has 116 valence electrons. The maximum Gasteiger partial charge on any atom is 0.253 e. The molecule has 0 radical (unpaired) electrons. The molecule has 1 aromatic rings. The Hall–Kier alpha value is -1.33.